The molecule has 2 heterocycles. The number of halogens is 1. The van der Waals surface area contributed by atoms with Gasteiger partial charge in [-0.05, 0) is 42.5 Å². The number of fused-ring (bicyclic) bond motifs is 1. The van der Waals surface area contributed by atoms with Gasteiger partial charge in [0.25, 0.3) is 5.91 Å². The third-order valence-electron chi connectivity index (χ3n) is 3.56. The van der Waals surface area contributed by atoms with Gasteiger partial charge in [0.05, 0.1) is 11.8 Å². The predicted octanol–water partition coefficient (Wildman–Crippen LogP) is 4.34. The molecule has 2 aromatic carbocycles. The second-order valence-corrected chi connectivity index (χ2v) is 5.87. The summed E-state index contributed by atoms with van der Waals surface area (Å²) in [7, 11) is 0. The maximum absolute atomic E-state index is 13.6. The molecule has 0 unspecified atom stereocenters. The molecule has 0 aliphatic rings. The van der Waals surface area contributed by atoms with Crippen LogP contribution in [0.4, 0.5) is 10.1 Å². The molecule has 0 spiro atoms. The molecule has 0 saturated heterocycles. The number of hydrogen-bond donors (Lipinski definition) is 1. The summed E-state index contributed by atoms with van der Waals surface area (Å²) in [4.78, 5) is 12.5. The van der Waals surface area contributed by atoms with Crippen molar-refractivity contribution in [2.75, 3.05) is 5.32 Å². The highest BCUT2D eigenvalue weighted by Gasteiger charge is 2.15. The number of benzene rings is 2. The molecule has 118 valence electrons. The Morgan fingerprint density at radius 3 is 2.71 bits per heavy atom. The van der Waals surface area contributed by atoms with Crippen LogP contribution in [0.25, 0.3) is 21.5 Å². The first-order valence-corrected chi connectivity index (χ1v) is 7.94. The quantitative estimate of drug-likeness (QED) is 0.603. The van der Waals surface area contributed by atoms with Gasteiger partial charge in [0.15, 0.2) is 11.4 Å². The predicted molar refractivity (Wildman–Crippen MR) is 89.5 cm³/mol. The van der Waals surface area contributed by atoms with Crippen LogP contribution in [0.3, 0.4) is 0 Å². The minimum atomic E-state index is -0.493. The summed E-state index contributed by atoms with van der Waals surface area (Å²) in [5.74, 6) is -0.821. The summed E-state index contributed by atoms with van der Waals surface area (Å²) >= 11 is 1.44. The fourth-order valence-electron chi connectivity index (χ4n) is 2.42. The lowest BCUT2D eigenvalue weighted by Gasteiger charge is -2.07. The molecule has 0 saturated carbocycles. The SMILES string of the molecule is O=C(Nc1ccc(-c2nncs2)cc1)c1ccc(F)c2occc12. The number of carbonyl (C=O) groups excluding carboxylic acids is 1. The first-order valence-electron chi connectivity index (χ1n) is 7.06. The molecule has 2 aromatic heterocycles. The number of nitrogens with zero attached hydrogens (tertiary/aromatic N) is 2. The molecule has 4 rings (SSSR count). The summed E-state index contributed by atoms with van der Waals surface area (Å²) in [6.45, 7) is 0. The number of anilines is 1. The summed E-state index contributed by atoms with van der Waals surface area (Å²) < 4.78 is 18.7. The molecule has 24 heavy (non-hydrogen) atoms. The van der Waals surface area contributed by atoms with Crippen LogP contribution in [-0.2, 0) is 0 Å². The van der Waals surface area contributed by atoms with Crippen LogP contribution in [0.5, 0.6) is 0 Å². The van der Waals surface area contributed by atoms with E-state index in [0.717, 1.165) is 10.6 Å². The van der Waals surface area contributed by atoms with E-state index in [9.17, 15) is 9.18 Å². The highest BCUT2D eigenvalue weighted by Crippen LogP contribution is 2.25. The molecule has 0 atom stereocenters. The van der Waals surface area contributed by atoms with Crippen LogP contribution in [-0.4, -0.2) is 16.1 Å². The van der Waals surface area contributed by atoms with Crippen molar-refractivity contribution in [1.82, 2.24) is 10.2 Å². The van der Waals surface area contributed by atoms with E-state index in [1.54, 1.807) is 23.7 Å². The van der Waals surface area contributed by atoms with Crippen LogP contribution in [0.1, 0.15) is 10.4 Å². The molecule has 4 aromatic rings. The average Bonchev–Trinajstić information content (AvgIpc) is 3.28. The smallest absolute Gasteiger partial charge is 0.256 e. The second-order valence-electron chi connectivity index (χ2n) is 5.03. The van der Waals surface area contributed by atoms with Crippen LogP contribution in [0, 0.1) is 5.82 Å². The van der Waals surface area contributed by atoms with Crippen LogP contribution in [0.15, 0.2) is 58.7 Å². The van der Waals surface area contributed by atoms with E-state index in [0.29, 0.717) is 16.6 Å². The van der Waals surface area contributed by atoms with E-state index in [-0.39, 0.29) is 11.5 Å². The van der Waals surface area contributed by atoms with Crippen LogP contribution >= 0.6 is 11.3 Å². The van der Waals surface area contributed by atoms with Crippen molar-refractivity contribution in [2.45, 2.75) is 0 Å². The Kier molecular flexibility index (Phi) is 3.55. The fourth-order valence-corrected chi connectivity index (χ4v) is 2.98. The standard InChI is InChI=1S/C17H10FN3O2S/c18-14-6-5-13(12-7-8-23-15(12)14)16(22)20-11-3-1-10(2-4-11)17-21-19-9-24-17/h1-9H,(H,20,22). The van der Waals surface area contributed by atoms with Crippen molar-refractivity contribution < 1.29 is 13.6 Å². The lowest BCUT2D eigenvalue weighted by Crippen LogP contribution is -2.12. The van der Waals surface area contributed by atoms with Gasteiger partial charge >= 0.3 is 0 Å². The largest absolute Gasteiger partial charge is 0.461 e. The van der Waals surface area contributed by atoms with Gasteiger partial charge in [-0.2, -0.15) is 0 Å². The minimum absolute atomic E-state index is 0.0780. The Morgan fingerprint density at radius 1 is 1.12 bits per heavy atom. The van der Waals surface area contributed by atoms with Gasteiger partial charge in [-0.1, -0.05) is 11.3 Å². The van der Waals surface area contributed by atoms with Gasteiger partial charge in [0.1, 0.15) is 10.5 Å². The highest BCUT2D eigenvalue weighted by molar-refractivity contribution is 7.12. The van der Waals surface area contributed by atoms with E-state index < -0.39 is 5.82 Å². The van der Waals surface area contributed by atoms with Crippen molar-refractivity contribution in [2.24, 2.45) is 0 Å². The Hall–Kier alpha value is -3.06. The van der Waals surface area contributed by atoms with Gasteiger partial charge in [-0.3, -0.25) is 4.79 Å². The average molecular weight is 339 g/mol. The lowest BCUT2D eigenvalue weighted by atomic mass is 10.1. The molecule has 1 N–H and O–H groups in total. The van der Waals surface area contributed by atoms with E-state index >= 15 is 0 Å². The second kappa shape index (κ2) is 5.86. The number of hydrogen-bond acceptors (Lipinski definition) is 5. The minimum Gasteiger partial charge on any atom is -0.461 e. The number of carbonyl (C=O) groups is 1. The number of amides is 1. The highest BCUT2D eigenvalue weighted by atomic mass is 32.1. The zero-order chi connectivity index (χ0) is 16.5. The van der Waals surface area contributed by atoms with Gasteiger partial charge in [-0.25, -0.2) is 4.39 Å². The summed E-state index contributed by atoms with van der Waals surface area (Å²) in [5, 5.41) is 11.8. The van der Waals surface area contributed by atoms with Crippen molar-refractivity contribution in [1.29, 1.82) is 0 Å². The van der Waals surface area contributed by atoms with E-state index in [1.165, 1.54) is 29.7 Å². The lowest BCUT2D eigenvalue weighted by molar-refractivity contribution is 0.102. The first-order chi connectivity index (χ1) is 11.7. The topological polar surface area (TPSA) is 68.0 Å². The van der Waals surface area contributed by atoms with E-state index in [1.807, 2.05) is 12.1 Å². The fraction of sp³-hybridized carbons (Fsp3) is 0. The van der Waals surface area contributed by atoms with E-state index in [2.05, 4.69) is 15.5 Å². The molecule has 5 nitrogen and oxygen atoms in total. The molecule has 7 heteroatoms. The maximum Gasteiger partial charge on any atom is 0.256 e. The zero-order valence-electron chi connectivity index (χ0n) is 12.2. The van der Waals surface area contributed by atoms with Gasteiger partial charge in [0, 0.05) is 16.6 Å². The number of nitrogens with one attached hydrogen (secondary N) is 1. The van der Waals surface area contributed by atoms with Crippen molar-refractivity contribution in [3.05, 3.63) is 65.6 Å². The Bertz CT molecular complexity index is 1010. The molecule has 0 aliphatic heterocycles. The maximum atomic E-state index is 13.6. The number of rotatable bonds is 3. The Morgan fingerprint density at radius 2 is 1.96 bits per heavy atom. The van der Waals surface area contributed by atoms with Gasteiger partial charge in [-0.15, -0.1) is 10.2 Å². The van der Waals surface area contributed by atoms with Gasteiger partial charge in [0.2, 0.25) is 0 Å². The molecule has 0 fully saturated rings. The third kappa shape index (κ3) is 2.55. The molecule has 1 amide bonds. The van der Waals surface area contributed by atoms with Gasteiger partial charge < -0.3 is 9.73 Å². The monoisotopic (exact) mass is 339 g/mol. The molecule has 0 aliphatic carbocycles. The third-order valence-corrected chi connectivity index (χ3v) is 4.30. The van der Waals surface area contributed by atoms with E-state index in [4.69, 9.17) is 4.42 Å². The number of aromatic nitrogens is 2. The summed E-state index contributed by atoms with van der Waals surface area (Å²) in [6, 6.07) is 11.5. The van der Waals surface area contributed by atoms with Crippen molar-refractivity contribution in [3.63, 3.8) is 0 Å². The molecule has 0 bridgehead atoms. The number of furan rings is 1. The Labute approximate surface area is 139 Å². The molecule has 0 radical (unpaired) electrons. The van der Waals surface area contributed by atoms with Crippen LogP contribution < -0.4 is 5.32 Å². The van der Waals surface area contributed by atoms with Crippen LogP contribution in [0.2, 0.25) is 0 Å². The molecular weight excluding hydrogens is 329 g/mol. The summed E-state index contributed by atoms with van der Waals surface area (Å²) in [6.07, 6.45) is 1.36. The molecular formula is C17H10FN3O2S. The van der Waals surface area contributed by atoms with Crippen molar-refractivity contribution >= 4 is 33.9 Å². The zero-order valence-corrected chi connectivity index (χ0v) is 13.0. The van der Waals surface area contributed by atoms with Crippen molar-refractivity contribution in [3.8, 4) is 10.6 Å². The normalized spacial score (nSPS) is 10.9. The Balaban J connectivity index is 1.59. The first kappa shape index (κ1) is 14.5. The summed E-state index contributed by atoms with van der Waals surface area (Å²) in [5.41, 5.74) is 3.65.